The Balaban J connectivity index is 0.927. The predicted octanol–water partition coefficient (Wildman–Crippen LogP) is 15.8. The zero-order valence-corrected chi connectivity index (χ0v) is 38.4. The van der Waals surface area contributed by atoms with Crippen LogP contribution in [0.5, 0.6) is 34.5 Å². The number of anilines is 3. The van der Waals surface area contributed by atoms with Crippen molar-refractivity contribution in [3.05, 3.63) is 211 Å². The lowest BCUT2D eigenvalue weighted by atomic mass is 9.77. The number of hydrogen-bond acceptors (Lipinski definition) is 5. The average Bonchev–Trinajstić information content (AvgIpc) is 3.34. The van der Waals surface area contributed by atoms with Gasteiger partial charge in [-0.05, 0) is 110 Å². The summed E-state index contributed by atoms with van der Waals surface area (Å²) >= 11 is 1.89. The summed E-state index contributed by atoms with van der Waals surface area (Å²) in [6.45, 7) is 9.54. The van der Waals surface area contributed by atoms with E-state index in [1.54, 1.807) is 0 Å². The molecule has 0 spiro atoms. The standard InChI is InChI=1S/C59H45NO3SSi/c1-59(2)47-17-5-9-23-53(47)64-58-46(16-11-18-48(58)59)40-30-36-43(37-31-40)60(41-32-26-38(27-33-41)44-14-12-22-52-56(44)62-50-20-7-6-19-49(50)61-52)42-34-28-39(29-35-42)45-15-13-25-55-57(45)63-51-21-8-10-24-54(51)65(55,3)4/h5-37H,1-4H3. The molecule has 0 fully saturated rings. The summed E-state index contributed by atoms with van der Waals surface area (Å²) in [4.78, 5) is 4.99. The fraction of sp³-hybridized carbons (Fsp3) is 0.0847. The Morgan fingerprint density at radius 1 is 0.400 bits per heavy atom. The van der Waals surface area contributed by atoms with E-state index in [-0.39, 0.29) is 5.41 Å². The maximum Gasteiger partial charge on any atom is 0.177 e. The second-order valence-corrected chi connectivity index (χ2v) is 23.5. The molecule has 314 valence electrons. The van der Waals surface area contributed by atoms with Crippen molar-refractivity contribution in [2.24, 2.45) is 0 Å². The molecule has 4 nitrogen and oxygen atoms in total. The first-order chi connectivity index (χ1) is 31.7. The Kier molecular flexibility index (Phi) is 9.20. The molecule has 3 heterocycles. The fourth-order valence-corrected chi connectivity index (χ4v) is 14.3. The topological polar surface area (TPSA) is 30.9 Å². The number of benzene rings is 9. The molecule has 12 rings (SSSR count). The SMILES string of the molecule is CC1(C)c2ccccc2Sc2c(-c3ccc(N(c4ccc(-c5cccc6c5Oc5ccccc5O6)cc4)c4ccc(-c5cccc6c5Oc5ccccc5[Si]6(C)C)cc4)cc3)cccc21. The summed E-state index contributed by atoms with van der Waals surface area (Å²) in [6.07, 6.45) is 0. The first-order valence-electron chi connectivity index (χ1n) is 22.2. The van der Waals surface area contributed by atoms with E-state index >= 15 is 0 Å². The largest absolute Gasteiger partial charge is 0.457 e. The fourth-order valence-electron chi connectivity index (χ4n) is 9.98. The minimum Gasteiger partial charge on any atom is -0.457 e. The van der Waals surface area contributed by atoms with E-state index in [4.69, 9.17) is 14.2 Å². The molecule has 9 aromatic carbocycles. The van der Waals surface area contributed by atoms with Crippen molar-refractivity contribution in [2.45, 2.75) is 42.1 Å². The van der Waals surface area contributed by atoms with Crippen molar-refractivity contribution < 1.29 is 14.2 Å². The lowest BCUT2D eigenvalue weighted by Gasteiger charge is -2.35. The van der Waals surface area contributed by atoms with Crippen LogP contribution in [0, 0.1) is 0 Å². The van der Waals surface area contributed by atoms with Gasteiger partial charge in [-0.3, -0.25) is 0 Å². The van der Waals surface area contributed by atoms with E-state index in [1.807, 2.05) is 48.2 Å². The minimum atomic E-state index is -1.98. The number of nitrogens with zero attached hydrogens (tertiary/aromatic N) is 1. The van der Waals surface area contributed by atoms with Gasteiger partial charge in [0.1, 0.15) is 19.6 Å². The van der Waals surface area contributed by atoms with Crippen molar-refractivity contribution in [3.63, 3.8) is 0 Å². The summed E-state index contributed by atoms with van der Waals surface area (Å²) in [7, 11) is -1.98. The normalized spacial score (nSPS) is 14.4. The Hall–Kier alpha value is -7.25. The van der Waals surface area contributed by atoms with Crippen LogP contribution in [-0.2, 0) is 5.41 Å². The van der Waals surface area contributed by atoms with Gasteiger partial charge in [-0.25, -0.2) is 0 Å². The third-order valence-corrected chi connectivity index (χ3v) is 18.2. The summed E-state index contributed by atoms with van der Waals surface area (Å²) in [5.41, 5.74) is 12.5. The summed E-state index contributed by atoms with van der Waals surface area (Å²) in [5, 5.41) is 2.66. The summed E-state index contributed by atoms with van der Waals surface area (Å²) in [6, 6.07) is 71.4. The number of ether oxygens (including phenoxy) is 3. The Bertz CT molecular complexity index is 3170. The van der Waals surface area contributed by atoms with Crippen molar-refractivity contribution in [1.29, 1.82) is 0 Å². The molecule has 65 heavy (non-hydrogen) atoms. The molecule has 3 aliphatic rings. The van der Waals surface area contributed by atoms with Gasteiger partial charge in [-0.15, -0.1) is 0 Å². The maximum absolute atomic E-state index is 6.73. The molecular formula is C59H45NO3SSi. The first-order valence-corrected chi connectivity index (χ1v) is 26.0. The van der Waals surface area contributed by atoms with Crippen LogP contribution in [0.4, 0.5) is 17.1 Å². The second-order valence-electron chi connectivity index (χ2n) is 18.1. The van der Waals surface area contributed by atoms with E-state index in [0.717, 1.165) is 62.3 Å². The molecule has 9 aromatic rings. The highest BCUT2D eigenvalue weighted by Crippen LogP contribution is 2.53. The molecule has 0 atom stereocenters. The highest BCUT2D eigenvalue weighted by molar-refractivity contribution is 7.99. The van der Waals surface area contributed by atoms with E-state index in [0.29, 0.717) is 11.5 Å². The zero-order chi connectivity index (χ0) is 43.9. The molecule has 0 saturated carbocycles. The molecule has 6 heteroatoms. The van der Waals surface area contributed by atoms with Crippen LogP contribution < -0.4 is 29.5 Å². The molecule has 0 N–H and O–H groups in total. The van der Waals surface area contributed by atoms with Crippen LogP contribution in [0.2, 0.25) is 13.1 Å². The Morgan fingerprint density at radius 3 is 1.54 bits per heavy atom. The number of rotatable bonds is 6. The maximum atomic E-state index is 6.73. The zero-order valence-electron chi connectivity index (χ0n) is 36.6. The van der Waals surface area contributed by atoms with E-state index in [1.165, 1.54) is 42.4 Å². The smallest absolute Gasteiger partial charge is 0.177 e. The lowest BCUT2D eigenvalue weighted by Crippen LogP contribution is -2.56. The van der Waals surface area contributed by atoms with Gasteiger partial charge in [0.2, 0.25) is 0 Å². The van der Waals surface area contributed by atoms with Crippen molar-refractivity contribution >= 4 is 47.3 Å². The Labute approximate surface area is 385 Å². The molecule has 3 aliphatic heterocycles. The van der Waals surface area contributed by atoms with Gasteiger partial charge in [-0.1, -0.05) is 172 Å². The molecule has 0 aromatic heterocycles. The van der Waals surface area contributed by atoms with Gasteiger partial charge < -0.3 is 19.1 Å². The monoisotopic (exact) mass is 875 g/mol. The van der Waals surface area contributed by atoms with Gasteiger partial charge in [0.15, 0.2) is 23.0 Å². The van der Waals surface area contributed by atoms with Crippen molar-refractivity contribution in [3.8, 4) is 67.9 Å². The van der Waals surface area contributed by atoms with Crippen LogP contribution in [0.1, 0.15) is 25.0 Å². The number of para-hydroxylation sites is 5. The predicted molar refractivity (Wildman–Crippen MR) is 270 cm³/mol. The Morgan fingerprint density at radius 2 is 0.862 bits per heavy atom. The molecule has 0 bridgehead atoms. The van der Waals surface area contributed by atoms with Crippen LogP contribution in [-0.4, -0.2) is 8.07 Å². The van der Waals surface area contributed by atoms with Crippen LogP contribution in [0.15, 0.2) is 210 Å². The lowest BCUT2D eigenvalue weighted by molar-refractivity contribution is 0.361. The quantitative estimate of drug-likeness (QED) is 0.155. The highest BCUT2D eigenvalue weighted by Gasteiger charge is 2.38. The second kappa shape index (κ2) is 15.2. The number of fused-ring (bicyclic) bond motifs is 6. The van der Waals surface area contributed by atoms with Crippen LogP contribution >= 0.6 is 11.8 Å². The van der Waals surface area contributed by atoms with E-state index in [2.05, 4.69) is 196 Å². The third-order valence-electron chi connectivity index (χ3n) is 13.5. The van der Waals surface area contributed by atoms with Crippen molar-refractivity contribution in [1.82, 2.24) is 0 Å². The molecule has 0 saturated heterocycles. The van der Waals surface area contributed by atoms with Crippen LogP contribution in [0.25, 0.3) is 33.4 Å². The molecule has 0 radical (unpaired) electrons. The van der Waals surface area contributed by atoms with Gasteiger partial charge in [0, 0.05) is 43.4 Å². The van der Waals surface area contributed by atoms with E-state index < -0.39 is 8.07 Å². The molecule has 0 aliphatic carbocycles. The van der Waals surface area contributed by atoms with E-state index in [9.17, 15) is 0 Å². The molecule has 0 unspecified atom stereocenters. The van der Waals surface area contributed by atoms with Gasteiger partial charge in [0.05, 0.1) is 0 Å². The van der Waals surface area contributed by atoms with Crippen molar-refractivity contribution in [2.75, 3.05) is 4.90 Å². The van der Waals surface area contributed by atoms with Crippen LogP contribution in [0.3, 0.4) is 0 Å². The minimum absolute atomic E-state index is 0.0985. The summed E-state index contributed by atoms with van der Waals surface area (Å²) < 4.78 is 19.5. The van der Waals surface area contributed by atoms with Gasteiger partial charge in [-0.2, -0.15) is 0 Å². The first kappa shape index (κ1) is 39.3. The average molecular weight is 876 g/mol. The molecule has 0 amide bonds. The third kappa shape index (κ3) is 6.50. The molecular weight excluding hydrogens is 831 g/mol. The summed E-state index contributed by atoms with van der Waals surface area (Å²) in [5.74, 6) is 4.81. The van der Waals surface area contributed by atoms with Gasteiger partial charge >= 0.3 is 0 Å². The highest BCUT2D eigenvalue weighted by atomic mass is 32.2. The number of hydrogen-bond donors (Lipinski definition) is 0. The van der Waals surface area contributed by atoms with Gasteiger partial charge in [0.25, 0.3) is 0 Å².